The number of nitrogens with zero attached hydrogens (tertiary/aromatic N) is 1. The number of likely N-dealkylation sites (tertiary alicyclic amines) is 1. The molecule has 0 radical (unpaired) electrons. The van der Waals surface area contributed by atoms with Crippen molar-refractivity contribution >= 4 is 5.91 Å². The van der Waals surface area contributed by atoms with Crippen LogP contribution in [-0.2, 0) is 4.79 Å². The molecule has 110 valence electrons. The minimum Gasteiger partial charge on any atom is -0.339 e. The summed E-state index contributed by atoms with van der Waals surface area (Å²) >= 11 is 0. The molecule has 0 aromatic carbocycles. The summed E-state index contributed by atoms with van der Waals surface area (Å²) in [6.07, 6.45) is 9.06. The van der Waals surface area contributed by atoms with Crippen LogP contribution in [0.25, 0.3) is 0 Å². The zero-order valence-corrected chi connectivity index (χ0v) is 12.6. The van der Waals surface area contributed by atoms with Gasteiger partial charge in [-0.15, -0.1) is 0 Å². The molecule has 1 saturated heterocycles. The zero-order chi connectivity index (χ0) is 13.8. The number of hydrogen-bond donors (Lipinski definition) is 1. The lowest BCUT2D eigenvalue weighted by Crippen LogP contribution is -2.48. The SMILES string of the molecule is CCCC1CCCCN1C(=O)C1CCC(N)C(C)C1. The maximum Gasteiger partial charge on any atom is 0.225 e. The van der Waals surface area contributed by atoms with Crippen LogP contribution in [-0.4, -0.2) is 29.4 Å². The second-order valence-corrected chi connectivity index (χ2v) is 6.62. The highest BCUT2D eigenvalue weighted by molar-refractivity contribution is 5.79. The van der Waals surface area contributed by atoms with Crippen LogP contribution >= 0.6 is 0 Å². The van der Waals surface area contributed by atoms with E-state index in [9.17, 15) is 4.79 Å². The molecule has 4 atom stereocenters. The molecular weight excluding hydrogens is 236 g/mol. The molecule has 19 heavy (non-hydrogen) atoms. The highest BCUT2D eigenvalue weighted by atomic mass is 16.2. The Morgan fingerprint density at radius 3 is 2.74 bits per heavy atom. The van der Waals surface area contributed by atoms with Crippen LogP contribution < -0.4 is 5.73 Å². The Balaban J connectivity index is 1.97. The van der Waals surface area contributed by atoms with Gasteiger partial charge in [-0.05, 0) is 50.9 Å². The molecule has 0 bridgehead atoms. The van der Waals surface area contributed by atoms with Gasteiger partial charge >= 0.3 is 0 Å². The summed E-state index contributed by atoms with van der Waals surface area (Å²) in [6, 6.07) is 0.814. The lowest BCUT2D eigenvalue weighted by atomic mass is 9.78. The van der Waals surface area contributed by atoms with E-state index < -0.39 is 0 Å². The van der Waals surface area contributed by atoms with Gasteiger partial charge in [-0.2, -0.15) is 0 Å². The van der Waals surface area contributed by atoms with E-state index in [4.69, 9.17) is 5.73 Å². The quantitative estimate of drug-likeness (QED) is 0.853. The van der Waals surface area contributed by atoms with Crippen LogP contribution in [0.3, 0.4) is 0 Å². The van der Waals surface area contributed by atoms with Crippen LogP contribution in [0.2, 0.25) is 0 Å². The van der Waals surface area contributed by atoms with E-state index in [1.54, 1.807) is 0 Å². The molecule has 1 aliphatic carbocycles. The molecule has 2 rings (SSSR count). The maximum atomic E-state index is 12.8. The van der Waals surface area contributed by atoms with Crippen LogP contribution in [0.1, 0.15) is 65.2 Å². The first-order chi connectivity index (χ1) is 9.13. The largest absolute Gasteiger partial charge is 0.339 e. The van der Waals surface area contributed by atoms with Gasteiger partial charge in [-0.25, -0.2) is 0 Å². The number of hydrogen-bond acceptors (Lipinski definition) is 2. The van der Waals surface area contributed by atoms with Gasteiger partial charge < -0.3 is 10.6 Å². The molecule has 0 spiro atoms. The molecule has 0 aromatic rings. The number of rotatable bonds is 3. The van der Waals surface area contributed by atoms with E-state index in [2.05, 4.69) is 18.7 Å². The van der Waals surface area contributed by atoms with Gasteiger partial charge in [0.1, 0.15) is 0 Å². The topological polar surface area (TPSA) is 46.3 Å². The van der Waals surface area contributed by atoms with Crippen molar-refractivity contribution in [3.63, 3.8) is 0 Å². The summed E-state index contributed by atoms with van der Waals surface area (Å²) in [5.41, 5.74) is 6.07. The van der Waals surface area contributed by atoms with Crippen molar-refractivity contribution in [3.8, 4) is 0 Å². The molecule has 1 saturated carbocycles. The third-order valence-electron chi connectivity index (χ3n) is 5.12. The molecule has 0 aromatic heterocycles. The van der Waals surface area contributed by atoms with Crippen molar-refractivity contribution in [1.82, 2.24) is 4.90 Å². The number of nitrogens with two attached hydrogens (primary N) is 1. The first-order valence-corrected chi connectivity index (χ1v) is 8.19. The molecule has 1 amide bonds. The van der Waals surface area contributed by atoms with Crippen molar-refractivity contribution in [3.05, 3.63) is 0 Å². The van der Waals surface area contributed by atoms with E-state index in [0.29, 0.717) is 23.9 Å². The van der Waals surface area contributed by atoms with Crippen LogP contribution in [0.4, 0.5) is 0 Å². The normalized spacial score (nSPS) is 36.3. The van der Waals surface area contributed by atoms with E-state index in [1.807, 2.05) is 0 Å². The minimum absolute atomic E-state index is 0.243. The summed E-state index contributed by atoms with van der Waals surface area (Å²) < 4.78 is 0. The van der Waals surface area contributed by atoms with Crippen LogP contribution in [0.15, 0.2) is 0 Å². The highest BCUT2D eigenvalue weighted by Crippen LogP contribution is 2.32. The number of carbonyl (C=O) groups excluding carboxylic acids is 1. The Bertz CT molecular complexity index is 303. The average molecular weight is 266 g/mol. The molecule has 3 heteroatoms. The lowest BCUT2D eigenvalue weighted by molar-refractivity contribution is -0.141. The Morgan fingerprint density at radius 2 is 2.05 bits per heavy atom. The van der Waals surface area contributed by atoms with Gasteiger partial charge in [-0.1, -0.05) is 20.3 Å². The van der Waals surface area contributed by atoms with Crippen molar-refractivity contribution < 1.29 is 4.79 Å². The number of piperidine rings is 1. The Kier molecular flexibility index (Phi) is 5.26. The predicted octanol–water partition coefficient (Wildman–Crippen LogP) is 2.93. The highest BCUT2D eigenvalue weighted by Gasteiger charge is 2.35. The summed E-state index contributed by atoms with van der Waals surface area (Å²) in [4.78, 5) is 15.0. The third kappa shape index (κ3) is 3.50. The zero-order valence-electron chi connectivity index (χ0n) is 12.6. The second-order valence-electron chi connectivity index (χ2n) is 6.62. The fraction of sp³-hybridized carbons (Fsp3) is 0.938. The summed E-state index contributed by atoms with van der Waals surface area (Å²) in [7, 11) is 0. The van der Waals surface area contributed by atoms with Gasteiger partial charge in [-0.3, -0.25) is 4.79 Å². The van der Waals surface area contributed by atoms with Gasteiger partial charge in [0.05, 0.1) is 0 Å². The smallest absolute Gasteiger partial charge is 0.225 e. The fourth-order valence-electron chi connectivity index (χ4n) is 3.80. The Hall–Kier alpha value is -0.570. The van der Waals surface area contributed by atoms with E-state index in [-0.39, 0.29) is 5.92 Å². The number of amides is 1. The summed E-state index contributed by atoms with van der Waals surface area (Å²) in [5.74, 6) is 1.17. The standard InChI is InChI=1S/C16H30N2O/c1-3-6-14-7-4-5-10-18(14)16(19)13-8-9-15(17)12(2)11-13/h12-15H,3-11,17H2,1-2H3. The lowest BCUT2D eigenvalue weighted by Gasteiger charge is -2.40. The Labute approximate surface area is 117 Å². The van der Waals surface area contributed by atoms with E-state index >= 15 is 0 Å². The third-order valence-corrected chi connectivity index (χ3v) is 5.12. The monoisotopic (exact) mass is 266 g/mol. The average Bonchev–Trinajstić information content (AvgIpc) is 2.42. The minimum atomic E-state index is 0.243. The predicted molar refractivity (Wildman–Crippen MR) is 78.7 cm³/mol. The summed E-state index contributed by atoms with van der Waals surface area (Å²) in [5, 5.41) is 0. The van der Waals surface area contributed by atoms with Crippen molar-refractivity contribution in [2.75, 3.05) is 6.54 Å². The van der Waals surface area contributed by atoms with Gasteiger partial charge in [0.15, 0.2) is 0 Å². The first-order valence-electron chi connectivity index (χ1n) is 8.19. The first kappa shape index (κ1) is 14.8. The molecule has 2 N–H and O–H groups in total. The molecule has 4 unspecified atom stereocenters. The second kappa shape index (κ2) is 6.74. The molecular formula is C16H30N2O. The van der Waals surface area contributed by atoms with E-state index in [0.717, 1.165) is 25.8 Å². The fourth-order valence-corrected chi connectivity index (χ4v) is 3.80. The van der Waals surface area contributed by atoms with Gasteiger partial charge in [0.2, 0.25) is 5.91 Å². The van der Waals surface area contributed by atoms with Crippen molar-refractivity contribution in [1.29, 1.82) is 0 Å². The van der Waals surface area contributed by atoms with Crippen LogP contribution in [0, 0.1) is 11.8 Å². The molecule has 3 nitrogen and oxygen atoms in total. The summed E-state index contributed by atoms with van der Waals surface area (Å²) in [6.45, 7) is 5.41. The molecule has 2 fully saturated rings. The maximum absolute atomic E-state index is 12.8. The van der Waals surface area contributed by atoms with E-state index in [1.165, 1.54) is 32.1 Å². The van der Waals surface area contributed by atoms with Crippen molar-refractivity contribution in [2.24, 2.45) is 17.6 Å². The van der Waals surface area contributed by atoms with Crippen LogP contribution in [0.5, 0.6) is 0 Å². The van der Waals surface area contributed by atoms with Crippen molar-refractivity contribution in [2.45, 2.75) is 77.3 Å². The Morgan fingerprint density at radius 1 is 1.26 bits per heavy atom. The number of carbonyl (C=O) groups is 1. The molecule has 1 heterocycles. The van der Waals surface area contributed by atoms with Gasteiger partial charge in [0, 0.05) is 24.5 Å². The molecule has 1 aliphatic heterocycles. The molecule has 2 aliphatic rings. The van der Waals surface area contributed by atoms with Gasteiger partial charge in [0.25, 0.3) is 0 Å².